The van der Waals surface area contributed by atoms with Crippen molar-refractivity contribution in [1.82, 2.24) is 9.62 Å². The van der Waals surface area contributed by atoms with Gasteiger partial charge in [0.05, 0.1) is 6.26 Å². The van der Waals surface area contributed by atoms with Crippen LogP contribution in [0.2, 0.25) is 0 Å². The van der Waals surface area contributed by atoms with Gasteiger partial charge in [0.1, 0.15) is 5.54 Å². The van der Waals surface area contributed by atoms with E-state index >= 15 is 0 Å². The van der Waals surface area contributed by atoms with Crippen molar-refractivity contribution in [3.05, 3.63) is 35.4 Å². The van der Waals surface area contributed by atoms with Gasteiger partial charge in [-0.3, -0.25) is 4.79 Å². The van der Waals surface area contributed by atoms with Crippen molar-refractivity contribution < 1.29 is 13.2 Å². The van der Waals surface area contributed by atoms with Crippen LogP contribution in [0, 0.1) is 0 Å². The highest BCUT2D eigenvalue weighted by atomic mass is 32.2. The van der Waals surface area contributed by atoms with Crippen LogP contribution in [-0.4, -0.2) is 50.2 Å². The molecule has 23 heavy (non-hydrogen) atoms. The van der Waals surface area contributed by atoms with Crippen LogP contribution in [0.25, 0.3) is 0 Å². The Bertz CT molecular complexity index is 692. The summed E-state index contributed by atoms with van der Waals surface area (Å²) in [6.45, 7) is 1.03. The van der Waals surface area contributed by atoms with E-state index in [1.807, 2.05) is 24.3 Å². The summed E-state index contributed by atoms with van der Waals surface area (Å²) in [6, 6.07) is 7.72. The number of likely N-dealkylation sites (tertiary alicyclic amines) is 1. The minimum absolute atomic E-state index is 0.0753. The van der Waals surface area contributed by atoms with Crippen molar-refractivity contribution in [1.29, 1.82) is 0 Å². The predicted octanol–water partition coefficient (Wildman–Crippen LogP) is 0.0229. The van der Waals surface area contributed by atoms with E-state index < -0.39 is 15.6 Å². The Morgan fingerprint density at radius 2 is 1.91 bits per heavy atom. The van der Waals surface area contributed by atoms with Crippen LogP contribution in [0.3, 0.4) is 0 Å². The number of nitrogens with zero attached hydrogens (tertiary/aromatic N) is 1. The summed E-state index contributed by atoms with van der Waals surface area (Å²) in [6.07, 6.45) is 3.76. The number of hydrogen-bond donors (Lipinski definition) is 2. The van der Waals surface area contributed by atoms with E-state index in [2.05, 4.69) is 4.72 Å². The SMILES string of the molecule is CS(=O)(=O)N[C@H]1CCCN(C(=O)C2(N)Cc3ccccc3C2)C1. The summed E-state index contributed by atoms with van der Waals surface area (Å²) in [5.41, 5.74) is 7.78. The molecule has 0 spiro atoms. The van der Waals surface area contributed by atoms with Crippen molar-refractivity contribution in [2.45, 2.75) is 37.3 Å². The van der Waals surface area contributed by atoms with Gasteiger partial charge in [-0.05, 0) is 36.8 Å². The summed E-state index contributed by atoms with van der Waals surface area (Å²) in [5, 5.41) is 0. The molecule has 1 saturated heterocycles. The molecule has 0 radical (unpaired) electrons. The summed E-state index contributed by atoms with van der Waals surface area (Å²) in [7, 11) is -3.27. The topological polar surface area (TPSA) is 92.5 Å². The molecule has 0 bridgehead atoms. The third-order valence-electron chi connectivity index (χ3n) is 4.65. The molecule has 1 atom stereocenters. The van der Waals surface area contributed by atoms with Gasteiger partial charge in [0, 0.05) is 19.1 Å². The van der Waals surface area contributed by atoms with Crippen LogP contribution in [0.15, 0.2) is 24.3 Å². The molecule has 1 fully saturated rings. The van der Waals surface area contributed by atoms with Crippen LogP contribution >= 0.6 is 0 Å². The number of carbonyl (C=O) groups is 1. The molecule has 0 unspecified atom stereocenters. The van der Waals surface area contributed by atoms with Crippen LogP contribution in [0.1, 0.15) is 24.0 Å². The normalized spacial score (nSPS) is 23.6. The number of nitrogens with two attached hydrogens (primary N) is 1. The zero-order chi connectivity index (χ0) is 16.7. The Morgan fingerprint density at radius 3 is 2.48 bits per heavy atom. The van der Waals surface area contributed by atoms with Gasteiger partial charge in [0.25, 0.3) is 0 Å². The third kappa shape index (κ3) is 3.57. The molecule has 1 aromatic rings. The number of benzene rings is 1. The predicted molar refractivity (Wildman–Crippen MR) is 88.3 cm³/mol. The summed E-state index contributed by atoms with van der Waals surface area (Å²) >= 11 is 0. The quantitative estimate of drug-likeness (QED) is 0.813. The molecular formula is C16H23N3O3S. The van der Waals surface area contributed by atoms with Crippen molar-refractivity contribution in [3.8, 4) is 0 Å². The van der Waals surface area contributed by atoms with Gasteiger partial charge in [-0.1, -0.05) is 24.3 Å². The maximum atomic E-state index is 12.9. The van der Waals surface area contributed by atoms with Gasteiger partial charge in [-0.25, -0.2) is 13.1 Å². The van der Waals surface area contributed by atoms with Gasteiger partial charge < -0.3 is 10.6 Å². The Balaban J connectivity index is 1.71. The highest BCUT2D eigenvalue weighted by Crippen LogP contribution is 2.30. The van der Waals surface area contributed by atoms with Crippen molar-refractivity contribution in [2.24, 2.45) is 5.73 Å². The first-order valence-electron chi connectivity index (χ1n) is 7.89. The summed E-state index contributed by atoms with van der Waals surface area (Å²) < 4.78 is 25.4. The molecule has 6 nitrogen and oxygen atoms in total. The van der Waals surface area contributed by atoms with Gasteiger partial charge in [0.15, 0.2) is 0 Å². The number of piperidine rings is 1. The Labute approximate surface area is 137 Å². The molecule has 1 amide bonds. The first-order valence-corrected chi connectivity index (χ1v) is 9.78. The zero-order valence-electron chi connectivity index (χ0n) is 13.3. The molecule has 2 aliphatic rings. The Kier molecular flexibility index (Phi) is 4.20. The lowest BCUT2D eigenvalue weighted by Crippen LogP contribution is -2.60. The lowest BCUT2D eigenvalue weighted by atomic mass is 9.93. The third-order valence-corrected chi connectivity index (χ3v) is 5.41. The van der Waals surface area contributed by atoms with Crippen molar-refractivity contribution >= 4 is 15.9 Å². The van der Waals surface area contributed by atoms with E-state index in [9.17, 15) is 13.2 Å². The second kappa shape index (κ2) is 5.89. The Morgan fingerprint density at radius 1 is 1.30 bits per heavy atom. The zero-order valence-corrected chi connectivity index (χ0v) is 14.1. The van der Waals surface area contributed by atoms with Crippen LogP contribution in [0.5, 0.6) is 0 Å². The average Bonchev–Trinajstić information content (AvgIpc) is 2.82. The number of fused-ring (bicyclic) bond motifs is 1. The van der Waals surface area contributed by atoms with E-state index in [1.54, 1.807) is 4.90 Å². The molecule has 1 heterocycles. The Hall–Kier alpha value is -1.44. The second-order valence-electron chi connectivity index (χ2n) is 6.76. The van der Waals surface area contributed by atoms with Crippen LogP contribution < -0.4 is 10.5 Å². The van der Waals surface area contributed by atoms with Gasteiger partial charge in [-0.15, -0.1) is 0 Å². The number of sulfonamides is 1. The second-order valence-corrected chi connectivity index (χ2v) is 8.54. The maximum Gasteiger partial charge on any atom is 0.243 e. The molecule has 0 saturated carbocycles. The monoisotopic (exact) mass is 337 g/mol. The fraction of sp³-hybridized carbons (Fsp3) is 0.562. The minimum Gasteiger partial charge on any atom is -0.339 e. The molecule has 1 aliphatic heterocycles. The first-order chi connectivity index (χ1) is 10.8. The number of hydrogen-bond acceptors (Lipinski definition) is 4. The van der Waals surface area contributed by atoms with E-state index in [4.69, 9.17) is 5.73 Å². The molecule has 126 valence electrons. The summed E-state index contributed by atoms with van der Waals surface area (Å²) in [4.78, 5) is 14.6. The number of amides is 1. The highest BCUT2D eigenvalue weighted by Gasteiger charge is 2.43. The van der Waals surface area contributed by atoms with Crippen molar-refractivity contribution in [3.63, 3.8) is 0 Å². The summed E-state index contributed by atoms with van der Waals surface area (Å²) in [5.74, 6) is -0.0753. The molecule has 0 aromatic heterocycles. The lowest BCUT2D eigenvalue weighted by molar-refractivity contribution is -0.138. The number of nitrogens with one attached hydrogen (secondary N) is 1. The molecule has 3 rings (SSSR count). The van der Waals surface area contributed by atoms with Crippen molar-refractivity contribution in [2.75, 3.05) is 19.3 Å². The molecule has 1 aliphatic carbocycles. The van der Waals surface area contributed by atoms with E-state index in [-0.39, 0.29) is 11.9 Å². The largest absolute Gasteiger partial charge is 0.339 e. The minimum atomic E-state index is -3.27. The lowest BCUT2D eigenvalue weighted by Gasteiger charge is -2.37. The number of carbonyl (C=O) groups excluding carboxylic acids is 1. The fourth-order valence-electron chi connectivity index (χ4n) is 3.67. The highest BCUT2D eigenvalue weighted by molar-refractivity contribution is 7.88. The number of rotatable bonds is 3. The van der Waals surface area contributed by atoms with E-state index in [0.29, 0.717) is 25.9 Å². The van der Waals surface area contributed by atoms with Gasteiger partial charge in [0.2, 0.25) is 15.9 Å². The van der Waals surface area contributed by atoms with Gasteiger partial charge in [-0.2, -0.15) is 0 Å². The van der Waals surface area contributed by atoms with E-state index in [0.717, 1.165) is 30.2 Å². The standard InChI is InChI=1S/C16H23N3O3S/c1-23(21,22)18-14-7-4-8-19(11-14)15(20)16(17)9-12-5-2-3-6-13(12)10-16/h2-3,5-6,14,18H,4,7-11,17H2,1H3/t14-/m0/s1. The first kappa shape index (κ1) is 16.4. The maximum absolute atomic E-state index is 12.9. The molecule has 3 N–H and O–H groups in total. The molecular weight excluding hydrogens is 314 g/mol. The van der Waals surface area contributed by atoms with Crippen LogP contribution in [0.4, 0.5) is 0 Å². The van der Waals surface area contributed by atoms with Gasteiger partial charge >= 0.3 is 0 Å². The van der Waals surface area contributed by atoms with E-state index in [1.165, 1.54) is 0 Å². The molecule has 7 heteroatoms. The van der Waals surface area contributed by atoms with Crippen LogP contribution in [-0.2, 0) is 27.7 Å². The fourth-order valence-corrected chi connectivity index (χ4v) is 4.47. The smallest absolute Gasteiger partial charge is 0.243 e. The average molecular weight is 337 g/mol. The molecule has 1 aromatic carbocycles.